The number of nitrogens with two attached hydrogens (primary N) is 1. The molecule has 0 saturated carbocycles. The summed E-state index contributed by atoms with van der Waals surface area (Å²) in [7, 11) is 0. The second-order valence-electron chi connectivity index (χ2n) is 8.45. The molecule has 5 N–H and O–H groups in total. The zero-order valence-corrected chi connectivity index (χ0v) is 18.2. The molecule has 2 fully saturated rings. The molecule has 0 aromatic carbocycles. The molecule has 3 aliphatic rings. The summed E-state index contributed by atoms with van der Waals surface area (Å²) in [5.74, 6) is -2.41. The summed E-state index contributed by atoms with van der Waals surface area (Å²) in [4.78, 5) is 41.9. The Bertz CT molecular complexity index is 944. The topological polar surface area (TPSA) is 151 Å². The van der Waals surface area contributed by atoms with Crippen molar-refractivity contribution in [2.24, 2.45) is 17.6 Å². The molecule has 2 saturated heterocycles. The van der Waals surface area contributed by atoms with E-state index in [0.717, 1.165) is 19.4 Å². The van der Waals surface area contributed by atoms with Gasteiger partial charge in [0.05, 0.1) is 18.1 Å². The standard InChI is InChI=1S/C20H27N5O5S/c1-9-14-13(10(2)26)19(28)25(14)15(20(29)30)16(9)31-12-7-11(23-8-12)3-5-24-6-4-22-18(24)17(21)27/h4,6,9-14,23,26H,3,5,7-8H2,1-2H3,(H2,21,27)(H,29,30)/t9-,10-,11+,12+,13-,14-/m1/s1. The van der Waals surface area contributed by atoms with Gasteiger partial charge in [-0.3, -0.25) is 9.59 Å². The molecule has 31 heavy (non-hydrogen) atoms. The molecule has 2 amide bonds. The lowest BCUT2D eigenvalue weighted by Crippen LogP contribution is -2.63. The summed E-state index contributed by atoms with van der Waals surface area (Å²) in [6.07, 6.45) is 4.10. The Balaban J connectivity index is 1.40. The van der Waals surface area contributed by atoms with Crippen molar-refractivity contribution in [1.82, 2.24) is 19.8 Å². The number of fused-ring (bicyclic) bond motifs is 1. The third-order valence-electron chi connectivity index (χ3n) is 6.44. The third-order valence-corrected chi connectivity index (χ3v) is 7.95. The van der Waals surface area contributed by atoms with E-state index in [0.29, 0.717) is 11.4 Å². The minimum atomic E-state index is -1.10. The van der Waals surface area contributed by atoms with Crippen LogP contribution in [-0.4, -0.2) is 72.4 Å². The number of β-lactam (4-membered cyclic amide) rings is 1. The average molecular weight is 450 g/mol. The van der Waals surface area contributed by atoms with E-state index in [9.17, 15) is 24.6 Å². The highest BCUT2D eigenvalue weighted by molar-refractivity contribution is 8.03. The molecule has 11 heteroatoms. The number of carbonyl (C=O) groups is 3. The van der Waals surface area contributed by atoms with Crippen LogP contribution in [0.3, 0.4) is 0 Å². The third kappa shape index (κ3) is 3.74. The first-order chi connectivity index (χ1) is 14.7. The zero-order chi connectivity index (χ0) is 22.4. The number of aliphatic carboxylic acids is 1. The molecule has 1 aromatic rings. The molecule has 0 aliphatic carbocycles. The van der Waals surface area contributed by atoms with Gasteiger partial charge in [-0.1, -0.05) is 6.92 Å². The van der Waals surface area contributed by atoms with Crippen LogP contribution < -0.4 is 11.1 Å². The van der Waals surface area contributed by atoms with Gasteiger partial charge in [0.2, 0.25) is 5.91 Å². The van der Waals surface area contributed by atoms with E-state index in [-0.39, 0.29) is 40.7 Å². The number of carbonyl (C=O) groups excluding carboxylic acids is 2. The average Bonchev–Trinajstić information content (AvgIpc) is 3.38. The molecular formula is C20H27N5O5S. The van der Waals surface area contributed by atoms with Gasteiger partial charge in [0.25, 0.3) is 5.91 Å². The van der Waals surface area contributed by atoms with Crippen LogP contribution in [0.1, 0.15) is 37.3 Å². The number of carboxylic acid groups (broad SMARTS) is 1. The molecule has 1 aromatic heterocycles. The first kappa shape index (κ1) is 21.8. The Hall–Kier alpha value is -2.37. The molecule has 6 atom stereocenters. The maximum Gasteiger partial charge on any atom is 0.353 e. The van der Waals surface area contributed by atoms with Gasteiger partial charge in [-0.2, -0.15) is 0 Å². The number of nitrogens with zero attached hydrogens (tertiary/aromatic N) is 3. The monoisotopic (exact) mass is 449 g/mol. The van der Waals surface area contributed by atoms with Crippen molar-refractivity contribution in [3.05, 3.63) is 28.8 Å². The predicted molar refractivity (Wildman–Crippen MR) is 113 cm³/mol. The maximum absolute atomic E-state index is 12.5. The smallest absolute Gasteiger partial charge is 0.353 e. The van der Waals surface area contributed by atoms with Gasteiger partial charge in [0.1, 0.15) is 5.70 Å². The highest BCUT2D eigenvalue weighted by Crippen LogP contribution is 2.51. The molecular weight excluding hydrogens is 422 g/mol. The van der Waals surface area contributed by atoms with Crippen LogP contribution in [0.15, 0.2) is 23.0 Å². The number of nitrogens with one attached hydrogen (secondary N) is 1. The maximum atomic E-state index is 12.5. The largest absolute Gasteiger partial charge is 0.477 e. The van der Waals surface area contributed by atoms with Crippen LogP contribution in [0.2, 0.25) is 0 Å². The first-order valence-electron chi connectivity index (χ1n) is 10.4. The molecule has 0 spiro atoms. The number of aliphatic hydroxyl groups excluding tert-OH is 1. The number of rotatable bonds is 8. The van der Waals surface area contributed by atoms with Crippen LogP contribution in [0.5, 0.6) is 0 Å². The van der Waals surface area contributed by atoms with Gasteiger partial charge in [0, 0.05) is 47.6 Å². The molecule has 0 bridgehead atoms. The van der Waals surface area contributed by atoms with Gasteiger partial charge in [-0.25, -0.2) is 9.78 Å². The number of carboxylic acids is 1. The lowest BCUT2D eigenvalue weighted by Gasteiger charge is -2.46. The number of imidazole rings is 1. The summed E-state index contributed by atoms with van der Waals surface area (Å²) in [5, 5.41) is 23.4. The van der Waals surface area contributed by atoms with E-state index in [4.69, 9.17) is 5.73 Å². The Morgan fingerprint density at radius 1 is 1.45 bits per heavy atom. The molecule has 4 rings (SSSR count). The van der Waals surface area contributed by atoms with Crippen LogP contribution >= 0.6 is 11.8 Å². The fourth-order valence-electron chi connectivity index (χ4n) is 4.96. The fraction of sp³-hybridized carbons (Fsp3) is 0.600. The summed E-state index contributed by atoms with van der Waals surface area (Å²) >= 11 is 1.53. The van der Waals surface area contributed by atoms with Crippen molar-refractivity contribution in [3.63, 3.8) is 0 Å². The number of hydrogen-bond acceptors (Lipinski definition) is 7. The van der Waals surface area contributed by atoms with E-state index < -0.39 is 23.9 Å². The second-order valence-corrected chi connectivity index (χ2v) is 9.79. The van der Waals surface area contributed by atoms with Crippen LogP contribution in [0, 0.1) is 11.8 Å². The normalized spacial score (nSPS) is 31.0. The number of hydrogen-bond donors (Lipinski definition) is 4. The minimum absolute atomic E-state index is 0.0670. The van der Waals surface area contributed by atoms with Crippen molar-refractivity contribution in [2.45, 2.75) is 56.7 Å². The lowest BCUT2D eigenvalue weighted by atomic mass is 9.79. The molecule has 168 valence electrons. The van der Waals surface area contributed by atoms with Gasteiger partial charge in [-0.15, -0.1) is 11.8 Å². The van der Waals surface area contributed by atoms with Gasteiger partial charge < -0.3 is 30.7 Å². The van der Waals surface area contributed by atoms with E-state index >= 15 is 0 Å². The predicted octanol–water partition coefficient (Wildman–Crippen LogP) is -0.0105. The van der Waals surface area contributed by atoms with E-state index in [1.807, 2.05) is 6.92 Å². The fourth-order valence-corrected chi connectivity index (χ4v) is 6.48. The number of aromatic nitrogens is 2. The van der Waals surface area contributed by atoms with Crippen molar-refractivity contribution in [2.75, 3.05) is 6.54 Å². The Morgan fingerprint density at radius 2 is 2.19 bits per heavy atom. The molecule has 0 unspecified atom stereocenters. The van der Waals surface area contributed by atoms with Crippen molar-refractivity contribution < 1.29 is 24.6 Å². The number of primary amides is 1. The van der Waals surface area contributed by atoms with Crippen LogP contribution in [0.4, 0.5) is 0 Å². The minimum Gasteiger partial charge on any atom is -0.477 e. The highest BCUT2D eigenvalue weighted by Gasteiger charge is 2.60. The number of amides is 2. The molecule has 10 nitrogen and oxygen atoms in total. The lowest BCUT2D eigenvalue weighted by molar-refractivity contribution is -0.163. The SMILES string of the molecule is C[C@@H](O)[C@H]1C(=O)N2C(C(=O)O)=C(S[C@@H]3CN[C@@H](CCn4ccnc4C(N)=O)C3)[C@H](C)[C@H]12. The quantitative estimate of drug-likeness (QED) is 0.405. The highest BCUT2D eigenvalue weighted by atomic mass is 32.2. The Kier molecular flexibility index (Phi) is 5.84. The summed E-state index contributed by atoms with van der Waals surface area (Å²) in [6.45, 7) is 4.84. The summed E-state index contributed by atoms with van der Waals surface area (Å²) in [5.41, 5.74) is 5.40. The van der Waals surface area contributed by atoms with Crippen molar-refractivity contribution in [3.8, 4) is 0 Å². The second kappa shape index (κ2) is 8.29. The Morgan fingerprint density at radius 3 is 2.84 bits per heavy atom. The Labute approximate surface area is 183 Å². The van der Waals surface area contributed by atoms with Gasteiger partial charge in [0.15, 0.2) is 5.82 Å². The first-order valence-corrected chi connectivity index (χ1v) is 11.3. The van der Waals surface area contributed by atoms with E-state index in [2.05, 4.69) is 10.3 Å². The van der Waals surface area contributed by atoms with E-state index in [1.54, 1.807) is 23.9 Å². The van der Waals surface area contributed by atoms with Gasteiger partial charge >= 0.3 is 5.97 Å². The molecule has 3 aliphatic heterocycles. The van der Waals surface area contributed by atoms with Gasteiger partial charge in [-0.05, 0) is 19.8 Å². The number of aryl methyl sites for hydroxylation is 1. The zero-order valence-electron chi connectivity index (χ0n) is 17.4. The van der Waals surface area contributed by atoms with Crippen molar-refractivity contribution in [1.29, 1.82) is 0 Å². The summed E-state index contributed by atoms with van der Waals surface area (Å²) in [6, 6.07) is -0.0743. The molecule has 4 heterocycles. The summed E-state index contributed by atoms with van der Waals surface area (Å²) < 4.78 is 1.74. The number of aliphatic hydroxyl groups is 1. The van der Waals surface area contributed by atoms with Crippen LogP contribution in [-0.2, 0) is 16.1 Å². The van der Waals surface area contributed by atoms with Crippen molar-refractivity contribution >= 4 is 29.5 Å². The van der Waals surface area contributed by atoms with E-state index in [1.165, 1.54) is 16.7 Å². The van der Waals surface area contributed by atoms with Crippen LogP contribution in [0.25, 0.3) is 0 Å². The number of thioether (sulfide) groups is 1. The molecule has 0 radical (unpaired) electrons.